The van der Waals surface area contributed by atoms with Gasteiger partial charge in [-0.05, 0) is 73.9 Å². The maximum atomic E-state index is 4.29. The Labute approximate surface area is 251 Å². The number of hydrogen-bond acceptors (Lipinski definition) is 3. The van der Waals surface area contributed by atoms with E-state index in [1.54, 1.807) is 0 Å². The number of hydrogen-bond donors (Lipinski definition) is 0. The van der Waals surface area contributed by atoms with Crippen LogP contribution < -0.4 is 0 Å². The molecular weight excluding hydrogens is 667 g/mol. The molecule has 3 nitrogen and oxygen atoms in total. The van der Waals surface area contributed by atoms with Crippen molar-refractivity contribution in [3.63, 3.8) is 0 Å². The molecule has 6 rings (SSSR count). The first kappa shape index (κ1) is 30.3. The van der Waals surface area contributed by atoms with E-state index in [1.807, 2.05) is 110 Å². The average molecular weight is 697 g/mol. The summed E-state index contributed by atoms with van der Waals surface area (Å²) in [5.74, 6) is 0. The fourth-order valence-corrected chi connectivity index (χ4v) is 3.74. The van der Waals surface area contributed by atoms with Gasteiger partial charge in [0.15, 0.2) is 0 Å². The molecule has 0 saturated heterocycles. The van der Waals surface area contributed by atoms with Crippen LogP contribution in [0.2, 0.25) is 0 Å². The third-order valence-corrected chi connectivity index (χ3v) is 5.75. The van der Waals surface area contributed by atoms with Gasteiger partial charge in [-0.1, -0.05) is 0 Å². The number of pyridine rings is 3. The van der Waals surface area contributed by atoms with E-state index in [2.05, 4.69) is 72.1 Å². The largest absolute Gasteiger partial charge is 3.00 e. The molecule has 3 heterocycles. The van der Waals surface area contributed by atoms with Gasteiger partial charge >= 0.3 is 20.1 Å². The van der Waals surface area contributed by atoms with Crippen LogP contribution in [0, 0.1) is 39.0 Å². The van der Waals surface area contributed by atoms with Crippen LogP contribution >= 0.6 is 0 Å². The summed E-state index contributed by atoms with van der Waals surface area (Å²) in [4.78, 5) is 12.9. The second-order valence-corrected chi connectivity index (χ2v) is 9.03. The fraction of sp³-hybridized carbons (Fsp3) is 0.0833. The van der Waals surface area contributed by atoms with Gasteiger partial charge in [-0.2, -0.15) is 91.0 Å². The molecule has 198 valence electrons. The van der Waals surface area contributed by atoms with Crippen molar-refractivity contribution in [2.45, 2.75) is 20.8 Å². The van der Waals surface area contributed by atoms with Gasteiger partial charge in [0.05, 0.1) is 0 Å². The van der Waals surface area contributed by atoms with E-state index in [1.165, 1.54) is 16.7 Å². The molecule has 6 aromatic rings. The second kappa shape index (κ2) is 16.0. The summed E-state index contributed by atoms with van der Waals surface area (Å²) in [6, 6.07) is 44.9. The predicted octanol–water partition coefficient (Wildman–Crippen LogP) is 8.57. The molecule has 0 aliphatic rings. The zero-order chi connectivity index (χ0) is 27.3. The van der Waals surface area contributed by atoms with Gasteiger partial charge in [-0.3, -0.25) is 15.0 Å². The molecule has 0 aliphatic heterocycles. The van der Waals surface area contributed by atoms with Gasteiger partial charge in [0.25, 0.3) is 0 Å². The summed E-state index contributed by atoms with van der Waals surface area (Å²) in [5, 5.41) is 0. The predicted molar refractivity (Wildman–Crippen MR) is 160 cm³/mol. The smallest absolute Gasteiger partial charge is 0.270 e. The van der Waals surface area contributed by atoms with E-state index in [9.17, 15) is 0 Å². The zero-order valence-corrected chi connectivity index (χ0v) is 25.2. The molecule has 40 heavy (non-hydrogen) atoms. The summed E-state index contributed by atoms with van der Waals surface area (Å²) in [6.07, 6.45) is 5.49. The molecule has 0 spiro atoms. The van der Waals surface area contributed by atoms with Gasteiger partial charge in [0, 0.05) is 35.7 Å². The molecule has 3 aromatic heterocycles. The Kier molecular flexibility index (Phi) is 12.1. The van der Waals surface area contributed by atoms with Crippen LogP contribution in [-0.4, -0.2) is 15.0 Å². The van der Waals surface area contributed by atoms with Gasteiger partial charge < -0.3 is 0 Å². The molecule has 0 fully saturated rings. The Hall–Kier alpha value is -4.24. The van der Waals surface area contributed by atoms with Crippen LogP contribution in [0.25, 0.3) is 33.8 Å². The Bertz CT molecular complexity index is 1380. The summed E-state index contributed by atoms with van der Waals surface area (Å²) < 4.78 is 0. The minimum atomic E-state index is 0. The van der Waals surface area contributed by atoms with Crippen LogP contribution in [-0.2, 0) is 20.1 Å². The molecule has 3 aromatic carbocycles. The minimum Gasteiger partial charge on any atom is -0.270 e. The molecule has 0 saturated carbocycles. The zero-order valence-electron chi connectivity index (χ0n) is 22.8. The standard InChI is InChI=1S/3C12H10N.Ir/c3*1-10-7-8-13-12(9-10)11-5-3-2-4-6-11;/h3*2-3,5-9H,1H3;/q3*-1;+3. The average Bonchev–Trinajstić information content (AvgIpc) is 2.99. The third-order valence-electron chi connectivity index (χ3n) is 5.75. The first-order valence-corrected chi connectivity index (χ1v) is 12.8. The number of aryl methyl sites for hydroxylation is 3. The molecule has 0 unspecified atom stereocenters. The van der Waals surface area contributed by atoms with Crippen molar-refractivity contribution in [2.24, 2.45) is 0 Å². The quantitative estimate of drug-likeness (QED) is 0.174. The van der Waals surface area contributed by atoms with Gasteiger partial charge in [0.1, 0.15) is 0 Å². The Morgan fingerprint density at radius 2 is 0.750 bits per heavy atom. The first-order chi connectivity index (χ1) is 19.1. The Morgan fingerprint density at radius 1 is 0.450 bits per heavy atom. The molecule has 0 atom stereocenters. The van der Waals surface area contributed by atoms with Gasteiger partial charge in [-0.15, -0.1) is 16.7 Å². The monoisotopic (exact) mass is 697 g/mol. The van der Waals surface area contributed by atoms with Crippen LogP contribution in [0.15, 0.2) is 128 Å². The van der Waals surface area contributed by atoms with Crippen molar-refractivity contribution in [2.75, 3.05) is 0 Å². The normalized spacial score (nSPS) is 9.68. The molecule has 0 bridgehead atoms. The van der Waals surface area contributed by atoms with E-state index < -0.39 is 0 Å². The molecule has 0 aliphatic carbocycles. The Morgan fingerprint density at radius 3 is 0.975 bits per heavy atom. The summed E-state index contributed by atoms with van der Waals surface area (Å²) >= 11 is 0. The van der Waals surface area contributed by atoms with Crippen LogP contribution in [0.1, 0.15) is 16.7 Å². The van der Waals surface area contributed by atoms with Crippen LogP contribution in [0.5, 0.6) is 0 Å². The van der Waals surface area contributed by atoms with E-state index in [-0.39, 0.29) is 20.1 Å². The summed E-state index contributed by atoms with van der Waals surface area (Å²) in [5.41, 5.74) is 10.1. The van der Waals surface area contributed by atoms with Crippen molar-refractivity contribution in [3.8, 4) is 33.8 Å². The van der Waals surface area contributed by atoms with Crippen molar-refractivity contribution >= 4 is 0 Å². The van der Waals surface area contributed by atoms with E-state index in [0.717, 1.165) is 33.8 Å². The SMILES string of the molecule is Cc1ccnc(-c2c[c-]ccc2)c1.Cc1ccnc(-c2c[c-]ccc2)c1.Cc1ccnc(-c2c[c-]ccc2)c1.[Ir+3]. The molecule has 0 N–H and O–H groups in total. The van der Waals surface area contributed by atoms with Crippen LogP contribution in [0.3, 0.4) is 0 Å². The van der Waals surface area contributed by atoms with Crippen LogP contribution in [0.4, 0.5) is 0 Å². The number of benzene rings is 3. The van der Waals surface area contributed by atoms with Crippen molar-refractivity contribution < 1.29 is 20.1 Å². The van der Waals surface area contributed by atoms with Crippen molar-refractivity contribution in [1.29, 1.82) is 0 Å². The fourth-order valence-electron chi connectivity index (χ4n) is 3.74. The molecule has 0 amide bonds. The van der Waals surface area contributed by atoms with E-state index >= 15 is 0 Å². The van der Waals surface area contributed by atoms with Gasteiger partial charge in [-0.25, -0.2) is 0 Å². The maximum Gasteiger partial charge on any atom is 3.00 e. The summed E-state index contributed by atoms with van der Waals surface area (Å²) in [6.45, 7) is 6.20. The minimum absolute atomic E-state index is 0. The summed E-state index contributed by atoms with van der Waals surface area (Å²) in [7, 11) is 0. The van der Waals surface area contributed by atoms with Crippen molar-refractivity contribution in [1.82, 2.24) is 15.0 Å². The van der Waals surface area contributed by atoms with Gasteiger partial charge in [0.2, 0.25) is 0 Å². The second-order valence-electron chi connectivity index (χ2n) is 9.03. The Balaban J connectivity index is 0.000000163. The van der Waals surface area contributed by atoms with E-state index in [0.29, 0.717) is 0 Å². The van der Waals surface area contributed by atoms with Crippen molar-refractivity contribution in [3.05, 3.63) is 163 Å². The number of aromatic nitrogens is 3. The number of nitrogens with zero attached hydrogens (tertiary/aromatic N) is 3. The maximum absolute atomic E-state index is 4.29. The first-order valence-electron chi connectivity index (χ1n) is 12.8. The third kappa shape index (κ3) is 9.50. The topological polar surface area (TPSA) is 38.7 Å². The van der Waals surface area contributed by atoms with E-state index in [4.69, 9.17) is 0 Å². The number of rotatable bonds is 3. The molecule has 4 heteroatoms. The molecular formula is C36H30IrN3. The molecule has 0 radical (unpaired) electrons.